The van der Waals surface area contributed by atoms with Crippen molar-refractivity contribution in [3.05, 3.63) is 53.1 Å². The fourth-order valence-corrected chi connectivity index (χ4v) is 1.66. The van der Waals surface area contributed by atoms with Gasteiger partial charge in [-0.1, -0.05) is 6.07 Å². The van der Waals surface area contributed by atoms with Gasteiger partial charge < -0.3 is 10.2 Å². The van der Waals surface area contributed by atoms with E-state index in [1.165, 1.54) is 0 Å². The van der Waals surface area contributed by atoms with Gasteiger partial charge in [-0.3, -0.25) is 15.0 Å². The van der Waals surface area contributed by atoms with Crippen molar-refractivity contribution in [2.24, 2.45) is 4.99 Å². The van der Waals surface area contributed by atoms with Crippen LogP contribution in [0.15, 0.2) is 35.7 Å². The number of aryl methyl sites for hydroxylation is 1. The highest BCUT2D eigenvalue weighted by Gasteiger charge is 2.08. The van der Waals surface area contributed by atoms with E-state index in [-0.39, 0.29) is 12.4 Å². The van der Waals surface area contributed by atoms with E-state index in [4.69, 9.17) is 0 Å². The summed E-state index contributed by atoms with van der Waals surface area (Å²) >= 11 is 0. The van der Waals surface area contributed by atoms with Gasteiger partial charge in [-0.15, -0.1) is 0 Å². The van der Waals surface area contributed by atoms with Crippen LogP contribution in [0.3, 0.4) is 0 Å². The minimum absolute atomic E-state index is 0.0569. The molecule has 0 aliphatic carbocycles. The lowest BCUT2D eigenvalue weighted by Gasteiger charge is -2.06. The van der Waals surface area contributed by atoms with E-state index in [1.54, 1.807) is 31.7 Å². The minimum Gasteiger partial charge on any atom is -0.505 e. The van der Waals surface area contributed by atoms with Crippen LogP contribution in [0.25, 0.3) is 0 Å². The number of pyridine rings is 2. The van der Waals surface area contributed by atoms with E-state index in [0.717, 1.165) is 5.56 Å². The molecule has 5 heteroatoms. The Hall–Kier alpha value is -2.27. The number of aromatic nitrogens is 2. The minimum atomic E-state index is -0.185. The van der Waals surface area contributed by atoms with Crippen LogP contribution >= 0.6 is 0 Å². The van der Waals surface area contributed by atoms with Crippen molar-refractivity contribution in [2.75, 3.05) is 0 Å². The fourth-order valence-electron chi connectivity index (χ4n) is 1.66. The third-order valence-corrected chi connectivity index (χ3v) is 2.75. The van der Waals surface area contributed by atoms with E-state index in [0.29, 0.717) is 23.4 Å². The SMILES string of the molecule is Cc1ncc(CO)c(C=NCc2cccnc2)c1O. The lowest BCUT2D eigenvalue weighted by Crippen LogP contribution is -1.98. The van der Waals surface area contributed by atoms with E-state index in [9.17, 15) is 10.2 Å². The van der Waals surface area contributed by atoms with E-state index in [2.05, 4.69) is 15.0 Å². The topological polar surface area (TPSA) is 78.6 Å². The lowest BCUT2D eigenvalue weighted by molar-refractivity contribution is 0.280. The molecular formula is C14H15N3O2. The van der Waals surface area contributed by atoms with Crippen LogP contribution in [0, 0.1) is 6.92 Å². The second-order valence-electron chi connectivity index (χ2n) is 4.12. The summed E-state index contributed by atoms with van der Waals surface area (Å²) in [6, 6.07) is 3.77. The van der Waals surface area contributed by atoms with Gasteiger partial charge in [0.2, 0.25) is 0 Å². The molecule has 2 aromatic rings. The monoisotopic (exact) mass is 257 g/mol. The Morgan fingerprint density at radius 1 is 1.37 bits per heavy atom. The van der Waals surface area contributed by atoms with Crippen LogP contribution in [0.5, 0.6) is 5.75 Å². The number of aliphatic hydroxyl groups excluding tert-OH is 1. The summed E-state index contributed by atoms with van der Waals surface area (Å²) in [7, 11) is 0. The van der Waals surface area contributed by atoms with Crippen LogP contribution < -0.4 is 0 Å². The molecule has 0 saturated carbocycles. The Bertz CT molecular complexity index is 583. The number of aliphatic hydroxyl groups is 1. The highest BCUT2D eigenvalue weighted by Crippen LogP contribution is 2.22. The second-order valence-corrected chi connectivity index (χ2v) is 4.12. The first-order valence-corrected chi connectivity index (χ1v) is 5.89. The highest BCUT2D eigenvalue weighted by molar-refractivity contribution is 5.85. The first kappa shape index (κ1) is 13.2. The van der Waals surface area contributed by atoms with E-state index >= 15 is 0 Å². The molecule has 0 aliphatic rings. The van der Waals surface area contributed by atoms with Crippen molar-refractivity contribution in [2.45, 2.75) is 20.1 Å². The van der Waals surface area contributed by atoms with Gasteiger partial charge in [0, 0.05) is 35.9 Å². The molecule has 0 amide bonds. The van der Waals surface area contributed by atoms with Crippen molar-refractivity contribution in [1.82, 2.24) is 9.97 Å². The number of aromatic hydroxyl groups is 1. The van der Waals surface area contributed by atoms with Crippen LogP contribution in [0.1, 0.15) is 22.4 Å². The number of aliphatic imine (C=N–C) groups is 1. The van der Waals surface area contributed by atoms with Crippen molar-refractivity contribution >= 4 is 6.21 Å². The average molecular weight is 257 g/mol. The Balaban J connectivity index is 2.21. The number of hydrogen-bond acceptors (Lipinski definition) is 5. The Morgan fingerprint density at radius 3 is 2.89 bits per heavy atom. The van der Waals surface area contributed by atoms with Crippen LogP contribution in [0.2, 0.25) is 0 Å². The molecule has 0 aliphatic heterocycles. The summed E-state index contributed by atoms with van der Waals surface area (Å²) < 4.78 is 0. The molecule has 19 heavy (non-hydrogen) atoms. The van der Waals surface area contributed by atoms with Gasteiger partial charge in [0.1, 0.15) is 5.75 Å². The maximum absolute atomic E-state index is 9.93. The molecule has 2 heterocycles. The zero-order valence-electron chi connectivity index (χ0n) is 10.6. The van der Waals surface area contributed by atoms with Gasteiger partial charge in [-0.25, -0.2) is 0 Å². The first-order valence-electron chi connectivity index (χ1n) is 5.89. The predicted octanol–water partition coefficient (Wildman–Crippen LogP) is 1.60. The van der Waals surface area contributed by atoms with E-state index < -0.39 is 0 Å². The Labute approximate surface area is 111 Å². The van der Waals surface area contributed by atoms with Crippen LogP contribution in [0.4, 0.5) is 0 Å². The van der Waals surface area contributed by atoms with Crippen molar-refractivity contribution in [1.29, 1.82) is 0 Å². The molecule has 0 unspecified atom stereocenters. The first-order chi connectivity index (χ1) is 9.22. The summed E-state index contributed by atoms with van der Waals surface area (Å²) in [4.78, 5) is 12.3. The molecule has 0 atom stereocenters. The van der Waals surface area contributed by atoms with Gasteiger partial charge in [0.25, 0.3) is 0 Å². The zero-order chi connectivity index (χ0) is 13.7. The molecular weight excluding hydrogens is 242 g/mol. The van der Waals surface area contributed by atoms with Crippen LogP contribution in [-0.2, 0) is 13.2 Å². The van der Waals surface area contributed by atoms with Gasteiger partial charge in [-0.05, 0) is 18.6 Å². The summed E-state index contributed by atoms with van der Waals surface area (Å²) in [6.07, 6.45) is 6.54. The molecule has 0 saturated heterocycles. The molecule has 2 N–H and O–H groups in total. The highest BCUT2D eigenvalue weighted by atomic mass is 16.3. The lowest BCUT2D eigenvalue weighted by atomic mass is 10.1. The molecule has 0 aromatic carbocycles. The molecule has 0 fully saturated rings. The van der Waals surface area contributed by atoms with Crippen molar-refractivity contribution in [3.63, 3.8) is 0 Å². The standard InChI is InChI=1S/C14H15N3O2/c1-10-14(19)13(12(9-18)7-17-10)8-16-6-11-3-2-4-15-5-11/h2-5,7-8,18-19H,6,9H2,1H3. The summed E-state index contributed by atoms with van der Waals surface area (Å²) in [5.74, 6) is 0.0569. The second kappa shape index (κ2) is 6.06. The van der Waals surface area contributed by atoms with Gasteiger partial charge in [0.05, 0.1) is 18.8 Å². The van der Waals surface area contributed by atoms with Gasteiger partial charge in [0.15, 0.2) is 0 Å². The molecule has 0 spiro atoms. The quantitative estimate of drug-likeness (QED) is 0.815. The summed E-state index contributed by atoms with van der Waals surface area (Å²) in [6.45, 7) is 1.99. The smallest absolute Gasteiger partial charge is 0.145 e. The normalized spacial score (nSPS) is 11.1. The number of hydrogen-bond donors (Lipinski definition) is 2. The van der Waals surface area contributed by atoms with Crippen LogP contribution in [-0.4, -0.2) is 26.4 Å². The predicted molar refractivity (Wildman–Crippen MR) is 72.1 cm³/mol. The average Bonchev–Trinajstić information content (AvgIpc) is 2.45. The molecule has 2 aromatic heterocycles. The molecule has 98 valence electrons. The fraction of sp³-hybridized carbons (Fsp3) is 0.214. The summed E-state index contributed by atoms with van der Waals surface area (Å²) in [5.41, 5.74) is 2.56. The third-order valence-electron chi connectivity index (χ3n) is 2.75. The molecule has 2 rings (SSSR count). The number of nitrogens with zero attached hydrogens (tertiary/aromatic N) is 3. The maximum Gasteiger partial charge on any atom is 0.145 e. The number of rotatable bonds is 4. The van der Waals surface area contributed by atoms with Crippen molar-refractivity contribution < 1.29 is 10.2 Å². The molecule has 0 radical (unpaired) electrons. The molecule has 5 nitrogen and oxygen atoms in total. The van der Waals surface area contributed by atoms with E-state index in [1.807, 2.05) is 12.1 Å². The maximum atomic E-state index is 9.93. The Morgan fingerprint density at radius 2 is 2.21 bits per heavy atom. The van der Waals surface area contributed by atoms with Gasteiger partial charge in [-0.2, -0.15) is 0 Å². The zero-order valence-corrected chi connectivity index (χ0v) is 10.6. The summed E-state index contributed by atoms with van der Waals surface area (Å²) in [5, 5.41) is 19.2. The Kier molecular flexibility index (Phi) is 4.20. The molecule has 0 bridgehead atoms. The van der Waals surface area contributed by atoms with Gasteiger partial charge >= 0.3 is 0 Å². The third kappa shape index (κ3) is 3.14. The largest absolute Gasteiger partial charge is 0.505 e. The van der Waals surface area contributed by atoms with Crippen molar-refractivity contribution in [3.8, 4) is 5.75 Å².